The largest absolute Gasteiger partial charge is 0.282 e. The number of benzene rings is 3. The maximum absolute atomic E-state index is 6.61. The molecular weight excluding hydrogens is 316 g/mol. The fraction of sp³-hybridized carbons (Fsp3) is 0.0952. The monoisotopic (exact) mass is 332 g/mol. The lowest BCUT2D eigenvalue weighted by atomic mass is 10.0. The van der Waals surface area contributed by atoms with Crippen molar-refractivity contribution in [3.05, 3.63) is 102 Å². The van der Waals surface area contributed by atoms with E-state index in [0.29, 0.717) is 6.54 Å². The van der Waals surface area contributed by atoms with E-state index in [9.17, 15) is 0 Å². The molecule has 1 atom stereocenters. The normalized spacial score (nSPS) is 17.0. The van der Waals surface area contributed by atoms with Gasteiger partial charge < -0.3 is 0 Å². The third-order valence-corrected chi connectivity index (χ3v) is 4.59. The third-order valence-electron chi connectivity index (χ3n) is 4.27. The van der Waals surface area contributed by atoms with E-state index in [-0.39, 0.29) is 6.04 Å². The summed E-state index contributed by atoms with van der Waals surface area (Å²) in [6.45, 7) is 0.638. The van der Waals surface area contributed by atoms with Crippen molar-refractivity contribution >= 4 is 23.2 Å². The molecule has 0 aliphatic carbocycles. The molecule has 24 heavy (non-hydrogen) atoms. The number of hydrogen-bond acceptors (Lipinski definition) is 2. The van der Waals surface area contributed by atoms with Crippen molar-refractivity contribution in [2.75, 3.05) is 11.0 Å². The van der Waals surface area contributed by atoms with Gasteiger partial charge in [0.25, 0.3) is 0 Å². The number of nitrogens with zero attached hydrogens (tertiary/aromatic N) is 2. The summed E-state index contributed by atoms with van der Waals surface area (Å²) < 4.78 is 1.78. The fourth-order valence-corrected chi connectivity index (χ4v) is 3.36. The first kappa shape index (κ1) is 15.0. The molecule has 0 radical (unpaired) electrons. The number of rotatable bonds is 2. The predicted molar refractivity (Wildman–Crippen MR) is 101 cm³/mol. The summed E-state index contributed by atoms with van der Waals surface area (Å²) in [5.41, 5.74) is 5.34. The highest BCUT2D eigenvalue weighted by Crippen LogP contribution is 2.33. The molecule has 1 aliphatic heterocycles. The van der Waals surface area contributed by atoms with Gasteiger partial charge in [0.2, 0.25) is 0 Å². The Morgan fingerprint density at radius 1 is 0.792 bits per heavy atom. The molecule has 0 N–H and O–H groups in total. The summed E-state index contributed by atoms with van der Waals surface area (Å²) in [6, 6.07) is 28.8. The second kappa shape index (κ2) is 6.50. The third kappa shape index (κ3) is 2.81. The maximum Gasteiger partial charge on any atom is 0.0946 e. The zero-order chi connectivity index (χ0) is 16.4. The van der Waals surface area contributed by atoms with Crippen LogP contribution in [0.1, 0.15) is 22.7 Å². The second-order valence-electron chi connectivity index (χ2n) is 5.83. The second-order valence-corrected chi connectivity index (χ2v) is 6.24. The predicted octanol–water partition coefficient (Wildman–Crippen LogP) is 5.24. The molecule has 118 valence electrons. The Morgan fingerprint density at radius 2 is 1.42 bits per heavy atom. The number of aliphatic imine (C=N–C) groups is 1. The average molecular weight is 333 g/mol. The van der Waals surface area contributed by atoms with E-state index in [2.05, 4.69) is 30.3 Å². The van der Waals surface area contributed by atoms with Crippen LogP contribution in [-0.4, -0.2) is 12.3 Å². The summed E-state index contributed by atoms with van der Waals surface area (Å²) >= 11 is 6.61. The molecule has 0 aromatic heterocycles. The van der Waals surface area contributed by atoms with E-state index in [1.54, 1.807) is 4.42 Å². The van der Waals surface area contributed by atoms with Gasteiger partial charge in [0.1, 0.15) is 0 Å². The molecule has 2 nitrogen and oxygen atoms in total. The molecule has 0 saturated heterocycles. The Morgan fingerprint density at radius 3 is 2.17 bits per heavy atom. The average Bonchev–Trinajstić information content (AvgIpc) is 2.80. The van der Waals surface area contributed by atoms with Gasteiger partial charge in [0.15, 0.2) is 0 Å². The number of halogens is 1. The van der Waals surface area contributed by atoms with Gasteiger partial charge in [-0.25, -0.2) is 0 Å². The zero-order valence-electron chi connectivity index (χ0n) is 13.1. The highest BCUT2D eigenvalue weighted by atomic mass is 35.5. The lowest BCUT2D eigenvalue weighted by Crippen LogP contribution is -2.17. The summed E-state index contributed by atoms with van der Waals surface area (Å²) in [7, 11) is 0. The number of benzodiazepines with no additional fused rings is 1. The van der Waals surface area contributed by atoms with Gasteiger partial charge >= 0.3 is 0 Å². The topological polar surface area (TPSA) is 15.6 Å². The highest BCUT2D eigenvalue weighted by Gasteiger charge is 2.24. The Labute approximate surface area is 147 Å². The van der Waals surface area contributed by atoms with Gasteiger partial charge in [-0.2, -0.15) is 0 Å². The standard InChI is InChI=1S/C21H17ClN2/c22-24-15-19(16-9-3-1-4-10-16)23-21(17-11-5-2-6-12-17)18-13-7-8-14-20(18)24/h1-14,19H,15H2. The van der Waals surface area contributed by atoms with E-state index in [1.807, 2.05) is 54.6 Å². The van der Waals surface area contributed by atoms with Crippen molar-refractivity contribution in [3.63, 3.8) is 0 Å². The number of hydrogen-bond donors (Lipinski definition) is 0. The highest BCUT2D eigenvalue weighted by molar-refractivity contribution is 6.28. The van der Waals surface area contributed by atoms with Gasteiger partial charge in [0.05, 0.1) is 24.0 Å². The van der Waals surface area contributed by atoms with Crippen molar-refractivity contribution in [1.29, 1.82) is 0 Å². The summed E-state index contributed by atoms with van der Waals surface area (Å²) in [5, 5.41) is 0. The molecule has 1 unspecified atom stereocenters. The first-order chi connectivity index (χ1) is 11.8. The van der Waals surface area contributed by atoms with E-state index < -0.39 is 0 Å². The van der Waals surface area contributed by atoms with Crippen LogP contribution in [0.5, 0.6) is 0 Å². The van der Waals surface area contributed by atoms with Gasteiger partial charge in [-0.1, -0.05) is 78.9 Å². The Hall–Kier alpha value is -2.58. The van der Waals surface area contributed by atoms with E-state index in [4.69, 9.17) is 16.8 Å². The minimum Gasteiger partial charge on any atom is -0.282 e. The number of para-hydroxylation sites is 1. The maximum atomic E-state index is 6.61. The molecule has 0 amide bonds. The van der Waals surface area contributed by atoms with Crippen LogP contribution in [-0.2, 0) is 0 Å². The molecule has 0 fully saturated rings. The van der Waals surface area contributed by atoms with Crippen LogP contribution in [0.15, 0.2) is 89.9 Å². The van der Waals surface area contributed by atoms with Crippen molar-refractivity contribution in [2.24, 2.45) is 4.99 Å². The zero-order valence-corrected chi connectivity index (χ0v) is 13.9. The van der Waals surface area contributed by atoms with E-state index >= 15 is 0 Å². The smallest absolute Gasteiger partial charge is 0.0946 e. The molecule has 0 spiro atoms. The van der Waals surface area contributed by atoms with Crippen molar-refractivity contribution in [2.45, 2.75) is 6.04 Å². The molecule has 0 saturated carbocycles. The lowest BCUT2D eigenvalue weighted by Gasteiger charge is -2.19. The van der Waals surface area contributed by atoms with Crippen molar-refractivity contribution in [3.8, 4) is 0 Å². The van der Waals surface area contributed by atoms with Crippen LogP contribution >= 0.6 is 11.8 Å². The Bertz CT molecular complexity index is 859. The molecule has 1 heterocycles. The molecule has 4 rings (SSSR count). The van der Waals surface area contributed by atoms with Gasteiger partial charge in [-0.15, -0.1) is 0 Å². The number of fused-ring (bicyclic) bond motifs is 1. The van der Waals surface area contributed by atoms with Gasteiger partial charge in [0, 0.05) is 22.9 Å². The minimum atomic E-state index is -0.00805. The first-order valence-corrected chi connectivity index (χ1v) is 8.37. The number of anilines is 1. The van der Waals surface area contributed by atoms with Crippen molar-refractivity contribution in [1.82, 2.24) is 0 Å². The summed E-state index contributed by atoms with van der Waals surface area (Å²) in [5.74, 6) is 0. The lowest BCUT2D eigenvalue weighted by molar-refractivity contribution is 0.746. The van der Waals surface area contributed by atoms with Gasteiger partial charge in [-0.3, -0.25) is 9.41 Å². The van der Waals surface area contributed by atoms with Crippen LogP contribution in [0.2, 0.25) is 0 Å². The van der Waals surface area contributed by atoms with Gasteiger partial charge in [-0.05, 0) is 11.6 Å². The molecule has 1 aliphatic rings. The van der Waals surface area contributed by atoms with Crippen LogP contribution in [0.4, 0.5) is 5.69 Å². The summed E-state index contributed by atoms with van der Waals surface area (Å²) in [4.78, 5) is 5.10. The molecule has 3 heteroatoms. The Kier molecular flexibility index (Phi) is 4.06. The van der Waals surface area contributed by atoms with Crippen LogP contribution in [0, 0.1) is 0 Å². The minimum absolute atomic E-state index is 0.00805. The first-order valence-electron chi connectivity index (χ1n) is 8.04. The fourth-order valence-electron chi connectivity index (χ4n) is 3.08. The van der Waals surface area contributed by atoms with Crippen LogP contribution < -0.4 is 4.42 Å². The molecule has 0 bridgehead atoms. The molecule has 3 aromatic carbocycles. The molecular formula is C21H17ClN2. The quantitative estimate of drug-likeness (QED) is 0.586. The Balaban J connectivity index is 1.90. The summed E-state index contributed by atoms with van der Waals surface area (Å²) in [6.07, 6.45) is 0. The van der Waals surface area contributed by atoms with E-state index in [0.717, 1.165) is 22.5 Å². The molecule has 3 aromatic rings. The van der Waals surface area contributed by atoms with Crippen molar-refractivity contribution < 1.29 is 0 Å². The van der Waals surface area contributed by atoms with Crippen LogP contribution in [0.3, 0.4) is 0 Å². The van der Waals surface area contributed by atoms with E-state index in [1.165, 1.54) is 5.56 Å². The van der Waals surface area contributed by atoms with Crippen LogP contribution in [0.25, 0.3) is 0 Å². The SMILES string of the molecule is ClN1CC(c2ccccc2)N=C(c2ccccc2)c2ccccc21.